The molecule has 0 saturated heterocycles. The molecule has 1 heterocycles. The van der Waals surface area contributed by atoms with E-state index in [1.54, 1.807) is 6.34 Å². The van der Waals surface area contributed by atoms with Gasteiger partial charge >= 0.3 is 0 Å². The highest BCUT2D eigenvalue weighted by Gasteiger charge is 2.31. The van der Waals surface area contributed by atoms with Crippen molar-refractivity contribution in [1.82, 2.24) is 9.88 Å². The molecule has 0 aromatic carbocycles. The van der Waals surface area contributed by atoms with E-state index in [9.17, 15) is 0 Å². The van der Waals surface area contributed by atoms with E-state index in [1.165, 1.54) is 30.2 Å². The SMILES string of the molecule is C=CN=CN(C)Cc1cnc(C(N)C2CC2)c(C)c1. The summed E-state index contributed by atoms with van der Waals surface area (Å²) in [5.74, 6) is 0.638. The standard InChI is InChI=1S/C15H22N4/c1-4-17-10-19(3)9-12-7-11(2)15(18-8-12)14(16)13-5-6-13/h4,7-8,10,13-14H,1,5-6,9,16H2,2-3H3. The molecule has 4 heteroatoms. The second-order valence-corrected chi connectivity index (χ2v) is 5.27. The van der Waals surface area contributed by atoms with Crippen molar-refractivity contribution in [3.63, 3.8) is 0 Å². The van der Waals surface area contributed by atoms with E-state index < -0.39 is 0 Å². The molecule has 1 atom stereocenters. The van der Waals surface area contributed by atoms with Gasteiger partial charge in [-0.3, -0.25) is 4.98 Å². The number of nitrogens with zero attached hydrogens (tertiary/aromatic N) is 3. The average molecular weight is 258 g/mol. The lowest BCUT2D eigenvalue weighted by Crippen LogP contribution is -2.18. The summed E-state index contributed by atoms with van der Waals surface area (Å²) in [6, 6.07) is 2.28. The molecular formula is C15H22N4. The number of pyridine rings is 1. The van der Waals surface area contributed by atoms with E-state index in [0.29, 0.717) is 5.92 Å². The van der Waals surface area contributed by atoms with Gasteiger partial charge in [-0.15, -0.1) is 0 Å². The van der Waals surface area contributed by atoms with Crippen LogP contribution in [0.3, 0.4) is 0 Å². The van der Waals surface area contributed by atoms with Crippen LogP contribution in [0, 0.1) is 12.8 Å². The summed E-state index contributed by atoms with van der Waals surface area (Å²) < 4.78 is 0. The summed E-state index contributed by atoms with van der Waals surface area (Å²) in [4.78, 5) is 10.5. The number of aryl methyl sites for hydroxylation is 1. The van der Waals surface area contributed by atoms with Crippen molar-refractivity contribution in [2.45, 2.75) is 32.4 Å². The largest absolute Gasteiger partial charge is 0.361 e. The van der Waals surface area contributed by atoms with E-state index >= 15 is 0 Å². The van der Waals surface area contributed by atoms with Crippen molar-refractivity contribution < 1.29 is 0 Å². The molecule has 1 aliphatic rings. The Kier molecular flexibility index (Phi) is 4.32. The number of hydrogen-bond acceptors (Lipinski definition) is 3. The lowest BCUT2D eigenvalue weighted by molar-refractivity contribution is 0.513. The van der Waals surface area contributed by atoms with Gasteiger partial charge in [0.1, 0.15) is 0 Å². The minimum absolute atomic E-state index is 0.106. The van der Waals surface area contributed by atoms with Crippen LogP contribution in [0.2, 0.25) is 0 Å². The Morgan fingerprint density at radius 1 is 1.63 bits per heavy atom. The highest BCUT2D eigenvalue weighted by Crippen LogP contribution is 2.39. The molecule has 0 amide bonds. The maximum Gasteiger partial charge on any atom is 0.0905 e. The molecule has 102 valence electrons. The summed E-state index contributed by atoms with van der Waals surface area (Å²) in [6.07, 6.45) is 7.68. The number of hydrogen-bond donors (Lipinski definition) is 1. The third-order valence-corrected chi connectivity index (χ3v) is 3.42. The Balaban J connectivity index is 2.05. The molecule has 1 unspecified atom stereocenters. The predicted molar refractivity (Wildman–Crippen MR) is 78.8 cm³/mol. The van der Waals surface area contributed by atoms with Crippen molar-refractivity contribution >= 4 is 6.34 Å². The minimum Gasteiger partial charge on any atom is -0.361 e. The molecule has 1 aliphatic carbocycles. The minimum atomic E-state index is 0.106. The van der Waals surface area contributed by atoms with E-state index in [1.807, 2.05) is 18.1 Å². The summed E-state index contributed by atoms with van der Waals surface area (Å²) in [6.45, 7) is 6.43. The Hall–Kier alpha value is -1.68. The second kappa shape index (κ2) is 5.97. The first kappa shape index (κ1) is 13.7. The smallest absolute Gasteiger partial charge is 0.0905 e. The van der Waals surface area contributed by atoms with Crippen LogP contribution in [-0.2, 0) is 6.54 Å². The van der Waals surface area contributed by atoms with Gasteiger partial charge in [-0.05, 0) is 36.8 Å². The third kappa shape index (κ3) is 3.64. The summed E-state index contributed by atoms with van der Waals surface area (Å²) in [7, 11) is 1.98. The van der Waals surface area contributed by atoms with Crippen molar-refractivity contribution in [1.29, 1.82) is 0 Å². The molecule has 0 radical (unpaired) electrons. The summed E-state index contributed by atoms with van der Waals surface area (Å²) in [5.41, 5.74) is 9.62. The third-order valence-electron chi connectivity index (χ3n) is 3.42. The van der Waals surface area contributed by atoms with Crippen molar-refractivity contribution in [3.8, 4) is 0 Å². The molecule has 1 aromatic heterocycles. The molecule has 1 saturated carbocycles. The normalized spacial score (nSPS) is 16.6. The highest BCUT2D eigenvalue weighted by molar-refractivity contribution is 5.55. The van der Waals surface area contributed by atoms with Gasteiger partial charge in [-0.25, -0.2) is 4.99 Å². The topological polar surface area (TPSA) is 54.5 Å². The molecule has 1 fully saturated rings. The van der Waals surface area contributed by atoms with Gasteiger partial charge < -0.3 is 10.6 Å². The summed E-state index contributed by atoms with van der Waals surface area (Å²) >= 11 is 0. The second-order valence-electron chi connectivity index (χ2n) is 5.27. The number of nitrogens with two attached hydrogens (primary N) is 1. The van der Waals surface area contributed by atoms with Gasteiger partial charge in [0.05, 0.1) is 18.1 Å². The molecular weight excluding hydrogens is 236 g/mol. The molecule has 0 spiro atoms. The molecule has 2 N–H and O–H groups in total. The Labute approximate surface area is 115 Å². The fraction of sp³-hybridized carbons (Fsp3) is 0.467. The fourth-order valence-electron chi connectivity index (χ4n) is 2.25. The van der Waals surface area contributed by atoms with Gasteiger partial charge in [-0.2, -0.15) is 0 Å². The number of aliphatic imine (C=N–C) groups is 1. The van der Waals surface area contributed by atoms with Crippen molar-refractivity contribution in [2.24, 2.45) is 16.6 Å². The van der Waals surface area contributed by atoms with Crippen molar-refractivity contribution in [3.05, 3.63) is 41.9 Å². The van der Waals surface area contributed by atoms with Crippen LogP contribution in [0.4, 0.5) is 0 Å². The van der Waals surface area contributed by atoms with Crippen LogP contribution in [0.5, 0.6) is 0 Å². The highest BCUT2D eigenvalue weighted by atomic mass is 15.1. The van der Waals surface area contributed by atoms with E-state index in [-0.39, 0.29) is 6.04 Å². The first-order valence-corrected chi connectivity index (χ1v) is 6.67. The van der Waals surface area contributed by atoms with E-state index in [0.717, 1.165) is 12.2 Å². The van der Waals surface area contributed by atoms with Crippen molar-refractivity contribution in [2.75, 3.05) is 7.05 Å². The van der Waals surface area contributed by atoms with Gasteiger partial charge in [0, 0.05) is 26.0 Å². The first-order valence-electron chi connectivity index (χ1n) is 6.67. The molecule has 1 aromatic rings. The first-order chi connectivity index (χ1) is 9.11. The van der Waals surface area contributed by atoms with Crippen LogP contribution in [0.1, 0.15) is 35.7 Å². The van der Waals surface area contributed by atoms with Crippen LogP contribution in [0.15, 0.2) is 30.0 Å². The maximum absolute atomic E-state index is 6.21. The zero-order valence-electron chi connectivity index (χ0n) is 11.7. The molecule has 4 nitrogen and oxygen atoms in total. The van der Waals surface area contributed by atoms with E-state index in [4.69, 9.17) is 5.73 Å². The van der Waals surface area contributed by atoms with Crippen LogP contribution < -0.4 is 5.73 Å². The lowest BCUT2D eigenvalue weighted by Gasteiger charge is -2.16. The number of rotatable bonds is 6. The Morgan fingerprint density at radius 3 is 2.95 bits per heavy atom. The van der Waals surface area contributed by atoms with Crippen LogP contribution in [0.25, 0.3) is 0 Å². The zero-order valence-corrected chi connectivity index (χ0v) is 11.7. The van der Waals surface area contributed by atoms with E-state index in [2.05, 4.69) is 29.5 Å². The quantitative estimate of drug-likeness (QED) is 0.629. The predicted octanol–water partition coefficient (Wildman–Crippen LogP) is 2.40. The van der Waals surface area contributed by atoms with Crippen LogP contribution >= 0.6 is 0 Å². The average Bonchev–Trinajstić information content (AvgIpc) is 3.20. The Morgan fingerprint density at radius 2 is 2.37 bits per heavy atom. The molecule has 0 aliphatic heterocycles. The van der Waals surface area contributed by atoms with Gasteiger partial charge in [0.25, 0.3) is 0 Å². The number of aromatic nitrogens is 1. The van der Waals surface area contributed by atoms with Gasteiger partial charge in [0.15, 0.2) is 0 Å². The fourth-order valence-corrected chi connectivity index (χ4v) is 2.25. The summed E-state index contributed by atoms with van der Waals surface area (Å²) in [5, 5.41) is 0. The molecule has 19 heavy (non-hydrogen) atoms. The molecule has 0 bridgehead atoms. The molecule has 2 rings (SSSR count). The zero-order chi connectivity index (χ0) is 13.8. The Bertz CT molecular complexity index is 477. The van der Waals surface area contributed by atoms with Crippen LogP contribution in [-0.4, -0.2) is 23.3 Å². The van der Waals surface area contributed by atoms with Gasteiger partial charge in [0.2, 0.25) is 0 Å². The lowest BCUT2D eigenvalue weighted by atomic mass is 10.0. The monoisotopic (exact) mass is 258 g/mol. The maximum atomic E-state index is 6.21. The van der Waals surface area contributed by atoms with Gasteiger partial charge in [-0.1, -0.05) is 12.6 Å².